The van der Waals surface area contributed by atoms with Crippen LogP contribution < -0.4 is 0 Å². The Morgan fingerprint density at radius 1 is 1.29 bits per heavy atom. The van der Waals surface area contributed by atoms with E-state index in [9.17, 15) is 17.6 Å². The first-order valence-corrected chi connectivity index (χ1v) is 8.10. The molecule has 0 aliphatic carbocycles. The zero-order chi connectivity index (χ0) is 15.8. The quantitative estimate of drug-likeness (QED) is 0.929. The maximum Gasteiger partial charge on any atom is 0.335 e. The number of halogens is 1. The smallest absolute Gasteiger partial charge is 0.335 e. The highest BCUT2D eigenvalue weighted by atomic mass is 32.2. The molecule has 0 amide bonds. The Morgan fingerprint density at radius 3 is 2.33 bits per heavy atom. The monoisotopic (exact) mass is 315 g/mol. The maximum absolute atomic E-state index is 13.9. The van der Waals surface area contributed by atoms with Gasteiger partial charge in [-0.25, -0.2) is 17.6 Å². The second kappa shape index (κ2) is 5.38. The number of benzene rings is 1. The van der Waals surface area contributed by atoms with E-state index in [0.717, 1.165) is 18.2 Å². The number of rotatable bonds is 3. The molecule has 0 aromatic heterocycles. The number of carboxylic acids is 1. The van der Waals surface area contributed by atoms with E-state index in [4.69, 9.17) is 5.11 Å². The summed E-state index contributed by atoms with van der Waals surface area (Å²) in [4.78, 5) is 10.3. The van der Waals surface area contributed by atoms with Crippen LogP contribution in [0.1, 0.15) is 37.0 Å². The number of carboxylic acid groups (broad SMARTS) is 1. The van der Waals surface area contributed by atoms with Crippen LogP contribution in [0.5, 0.6) is 0 Å². The summed E-state index contributed by atoms with van der Waals surface area (Å²) in [5.41, 5.74) is -0.191. The lowest BCUT2D eigenvalue weighted by molar-refractivity contribution is 0.0696. The summed E-state index contributed by atoms with van der Waals surface area (Å²) in [5.74, 6) is -2.32. The average molecular weight is 315 g/mol. The second-order valence-corrected chi connectivity index (χ2v) is 7.93. The van der Waals surface area contributed by atoms with Crippen LogP contribution in [0.15, 0.2) is 23.1 Å². The fourth-order valence-electron chi connectivity index (χ4n) is 2.31. The molecule has 21 heavy (non-hydrogen) atoms. The van der Waals surface area contributed by atoms with Crippen molar-refractivity contribution >= 4 is 16.0 Å². The standard InChI is InChI=1S/C14H18FNO4S/c1-14(2)5-7-16(8-6-14)21(19,20)12-4-3-10(13(17)18)9-11(12)15/h3-4,9H,5-8H2,1-2H3,(H,17,18). The van der Waals surface area contributed by atoms with Crippen molar-refractivity contribution < 1.29 is 22.7 Å². The Morgan fingerprint density at radius 2 is 1.86 bits per heavy atom. The summed E-state index contributed by atoms with van der Waals surface area (Å²) in [6.07, 6.45) is 1.42. The molecule has 0 atom stereocenters. The van der Waals surface area contributed by atoms with Gasteiger partial charge in [0.15, 0.2) is 0 Å². The van der Waals surface area contributed by atoms with Crippen molar-refractivity contribution in [3.05, 3.63) is 29.6 Å². The third-order valence-electron chi connectivity index (χ3n) is 3.87. The van der Waals surface area contributed by atoms with Crippen molar-refractivity contribution in [3.8, 4) is 0 Å². The van der Waals surface area contributed by atoms with Crippen molar-refractivity contribution in [2.75, 3.05) is 13.1 Å². The first-order valence-electron chi connectivity index (χ1n) is 6.66. The SMILES string of the molecule is CC1(C)CCN(S(=O)(=O)c2ccc(C(=O)O)cc2F)CC1. The minimum atomic E-state index is -3.92. The molecule has 5 nitrogen and oxygen atoms in total. The van der Waals surface area contributed by atoms with Gasteiger partial charge >= 0.3 is 5.97 Å². The van der Waals surface area contributed by atoms with Crippen LogP contribution >= 0.6 is 0 Å². The minimum Gasteiger partial charge on any atom is -0.478 e. The van der Waals surface area contributed by atoms with Crippen LogP contribution in [-0.2, 0) is 10.0 Å². The van der Waals surface area contributed by atoms with Crippen LogP contribution in [0, 0.1) is 11.2 Å². The lowest BCUT2D eigenvalue weighted by Crippen LogP contribution is -2.41. The van der Waals surface area contributed by atoms with Crippen LogP contribution in [0.25, 0.3) is 0 Å². The number of hydrogen-bond acceptors (Lipinski definition) is 3. The second-order valence-electron chi connectivity index (χ2n) is 6.02. The van der Waals surface area contributed by atoms with Crippen LogP contribution in [-0.4, -0.2) is 36.9 Å². The van der Waals surface area contributed by atoms with Crippen LogP contribution in [0.4, 0.5) is 4.39 Å². The van der Waals surface area contributed by atoms with Crippen molar-refractivity contribution in [1.82, 2.24) is 4.31 Å². The van der Waals surface area contributed by atoms with Gasteiger partial charge in [-0.05, 0) is 36.5 Å². The molecule has 1 heterocycles. The van der Waals surface area contributed by atoms with E-state index >= 15 is 0 Å². The first-order chi connectivity index (χ1) is 9.63. The highest BCUT2D eigenvalue weighted by Crippen LogP contribution is 2.32. The molecule has 1 aromatic carbocycles. The number of aromatic carboxylic acids is 1. The van der Waals surface area contributed by atoms with E-state index in [2.05, 4.69) is 13.8 Å². The normalized spacial score (nSPS) is 19.4. The van der Waals surface area contributed by atoms with Gasteiger partial charge in [-0.1, -0.05) is 13.8 Å². The molecule has 0 saturated carbocycles. The molecule has 0 unspecified atom stereocenters. The number of hydrogen-bond donors (Lipinski definition) is 1. The lowest BCUT2D eigenvalue weighted by atomic mass is 9.83. The summed E-state index contributed by atoms with van der Waals surface area (Å²) in [7, 11) is -3.92. The molecule has 7 heteroatoms. The fraction of sp³-hybridized carbons (Fsp3) is 0.500. The molecule has 0 radical (unpaired) electrons. The molecule has 1 aromatic rings. The van der Waals surface area contributed by atoms with Crippen LogP contribution in [0.3, 0.4) is 0 Å². The van der Waals surface area contributed by atoms with Gasteiger partial charge < -0.3 is 5.11 Å². The maximum atomic E-state index is 13.9. The van der Waals surface area contributed by atoms with E-state index in [1.165, 1.54) is 4.31 Å². The van der Waals surface area contributed by atoms with Crippen molar-refractivity contribution in [1.29, 1.82) is 0 Å². The van der Waals surface area contributed by atoms with Crippen molar-refractivity contribution in [3.63, 3.8) is 0 Å². The molecule has 1 fully saturated rings. The zero-order valence-corrected chi connectivity index (χ0v) is 12.8. The molecule has 116 valence electrons. The van der Waals surface area contributed by atoms with Gasteiger partial charge in [0.05, 0.1) is 5.56 Å². The highest BCUT2D eigenvalue weighted by Gasteiger charge is 2.34. The molecule has 1 aliphatic rings. The largest absolute Gasteiger partial charge is 0.478 e. The van der Waals surface area contributed by atoms with E-state index in [1.807, 2.05) is 0 Å². The topological polar surface area (TPSA) is 74.7 Å². The number of carbonyl (C=O) groups is 1. The average Bonchev–Trinajstić information content (AvgIpc) is 2.37. The Labute approximate surface area is 123 Å². The van der Waals surface area contributed by atoms with Gasteiger partial charge in [0.25, 0.3) is 0 Å². The molecule has 1 N–H and O–H groups in total. The highest BCUT2D eigenvalue weighted by molar-refractivity contribution is 7.89. The van der Waals surface area contributed by atoms with E-state index in [1.54, 1.807) is 0 Å². The summed E-state index contributed by atoms with van der Waals surface area (Å²) < 4.78 is 40.1. The van der Waals surface area contributed by atoms with E-state index < -0.39 is 26.7 Å². The Bertz CT molecular complexity index is 660. The molecular formula is C14H18FNO4S. The predicted octanol–water partition coefficient (Wildman–Crippen LogP) is 2.33. The molecule has 2 rings (SSSR count). The lowest BCUT2D eigenvalue weighted by Gasteiger charge is -2.36. The van der Waals surface area contributed by atoms with E-state index in [0.29, 0.717) is 25.9 Å². The molecular weight excluding hydrogens is 297 g/mol. The summed E-state index contributed by atoms with van der Waals surface area (Å²) >= 11 is 0. The Hall–Kier alpha value is -1.47. The van der Waals surface area contributed by atoms with Gasteiger partial charge in [-0.15, -0.1) is 0 Å². The molecule has 1 aliphatic heterocycles. The predicted molar refractivity (Wildman–Crippen MR) is 75.1 cm³/mol. The van der Waals surface area contributed by atoms with Gasteiger partial charge in [-0.3, -0.25) is 0 Å². The number of nitrogens with zero attached hydrogens (tertiary/aromatic N) is 1. The zero-order valence-electron chi connectivity index (χ0n) is 12.0. The number of sulfonamides is 1. The third kappa shape index (κ3) is 3.24. The first kappa shape index (κ1) is 15.9. The van der Waals surface area contributed by atoms with E-state index in [-0.39, 0.29) is 11.0 Å². The molecule has 0 spiro atoms. The third-order valence-corrected chi connectivity index (χ3v) is 5.80. The van der Waals surface area contributed by atoms with Crippen molar-refractivity contribution in [2.24, 2.45) is 5.41 Å². The Balaban J connectivity index is 2.30. The molecule has 0 bridgehead atoms. The van der Waals surface area contributed by atoms with Gasteiger partial charge in [-0.2, -0.15) is 4.31 Å². The van der Waals surface area contributed by atoms with Gasteiger partial charge in [0, 0.05) is 13.1 Å². The summed E-state index contributed by atoms with van der Waals surface area (Å²) in [5, 5.41) is 8.78. The summed E-state index contributed by atoms with van der Waals surface area (Å²) in [6, 6.07) is 2.86. The van der Waals surface area contributed by atoms with Crippen LogP contribution in [0.2, 0.25) is 0 Å². The minimum absolute atomic E-state index is 0.0811. The number of piperidine rings is 1. The fourth-order valence-corrected chi connectivity index (χ4v) is 3.80. The van der Waals surface area contributed by atoms with Crippen molar-refractivity contribution in [2.45, 2.75) is 31.6 Å². The summed E-state index contributed by atoms with van der Waals surface area (Å²) in [6.45, 7) is 4.82. The van der Waals surface area contributed by atoms with Gasteiger partial charge in [0.2, 0.25) is 10.0 Å². The Kier molecular flexibility index (Phi) is 4.08. The van der Waals surface area contributed by atoms with Gasteiger partial charge in [0.1, 0.15) is 10.7 Å². The molecule has 1 saturated heterocycles.